The molecule has 0 aromatic heterocycles. The summed E-state index contributed by atoms with van der Waals surface area (Å²) >= 11 is 0. The Morgan fingerprint density at radius 3 is 2.47 bits per heavy atom. The lowest BCUT2D eigenvalue weighted by atomic mass is 9.90. The minimum atomic E-state index is 0. The van der Waals surface area contributed by atoms with Crippen molar-refractivity contribution in [1.82, 2.24) is 20.4 Å². The van der Waals surface area contributed by atoms with Gasteiger partial charge < -0.3 is 20.9 Å². The number of anilines is 1. The van der Waals surface area contributed by atoms with Crippen LogP contribution in [-0.4, -0.2) is 74.5 Å². The first-order chi connectivity index (χ1) is 16.2. The number of carbonyl (C=O) groups excluding carboxylic acids is 1. The van der Waals surface area contributed by atoms with E-state index in [1.54, 1.807) is 7.05 Å². The van der Waals surface area contributed by atoms with E-state index in [9.17, 15) is 4.79 Å². The van der Waals surface area contributed by atoms with Gasteiger partial charge in [0.05, 0.1) is 0 Å². The van der Waals surface area contributed by atoms with Gasteiger partial charge >= 0.3 is 0 Å². The van der Waals surface area contributed by atoms with Crippen molar-refractivity contribution in [2.75, 3.05) is 58.2 Å². The number of para-hydroxylation sites is 1. The number of fused-ring (bicyclic) bond motifs is 1. The number of carbonyl (C=O) groups is 1. The quantitative estimate of drug-likeness (QED) is 0.195. The molecular formula is C26H37IN6O. The van der Waals surface area contributed by atoms with Crippen molar-refractivity contribution in [3.05, 3.63) is 65.7 Å². The van der Waals surface area contributed by atoms with E-state index in [-0.39, 0.29) is 35.8 Å². The largest absolute Gasteiger partial charge is 0.356 e. The first kappa shape index (κ1) is 26.4. The van der Waals surface area contributed by atoms with Crippen molar-refractivity contribution in [3.63, 3.8) is 0 Å². The fourth-order valence-corrected chi connectivity index (χ4v) is 4.65. The molecule has 184 valence electrons. The van der Waals surface area contributed by atoms with Crippen LogP contribution in [-0.2, 0) is 11.3 Å². The maximum absolute atomic E-state index is 12.0. The summed E-state index contributed by atoms with van der Waals surface area (Å²) in [6.07, 6.45) is 1.57. The van der Waals surface area contributed by atoms with Crippen LogP contribution in [0.3, 0.4) is 0 Å². The van der Waals surface area contributed by atoms with Gasteiger partial charge in [0.1, 0.15) is 0 Å². The number of guanidine groups is 1. The summed E-state index contributed by atoms with van der Waals surface area (Å²) in [5, 5.41) is 9.79. The summed E-state index contributed by atoms with van der Waals surface area (Å²) < 4.78 is 0. The number of piperazine rings is 1. The number of aliphatic imine (C=N–C) groups is 1. The third-order valence-electron chi connectivity index (χ3n) is 6.50. The summed E-state index contributed by atoms with van der Waals surface area (Å²) in [6, 6.07) is 18.8. The highest BCUT2D eigenvalue weighted by Crippen LogP contribution is 2.31. The van der Waals surface area contributed by atoms with Crippen LogP contribution in [0.2, 0.25) is 0 Å². The van der Waals surface area contributed by atoms with Crippen molar-refractivity contribution < 1.29 is 4.79 Å². The zero-order chi connectivity index (χ0) is 22.9. The van der Waals surface area contributed by atoms with Crippen LogP contribution in [0.5, 0.6) is 0 Å². The lowest BCUT2D eigenvalue weighted by Gasteiger charge is -2.34. The Morgan fingerprint density at radius 1 is 1.00 bits per heavy atom. The number of hydrogen-bond donors (Lipinski definition) is 3. The van der Waals surface area contributed by atoms with Gasteiger partial charge in [-0.05, 0) is 30.2 Å². The van der Waals surface area contributed by atoms with Crippen LogP contribution in [0.25, 0.3) is 0 Å². The molecule has 34 heavy (non-hydrogen) atoms. The second-order valence-electron chi connectivity index (χ2n) is 8.87. The van der Waals surface area contributed by atoms with Crippen molar-refractivity contribution in [1.29, 1.82) is 0 Å². The number of halogens is 1. The maximum atomic E-state index is 12.0. The third kappa shape index (κ3) is 7.68. The van der Waals surface area contributed by atoms with E-state index < -0.39 is 0 Å². The molecule has 1 unspecified atom stereocenters. The molecule has 0 radical (unpaired) electrons. The minimum absolute atomic E-state index is 0. The molecule has 1 amide bonds. The Balaban J connectivity index is 0.00000324. The Labute approximate surface area is 220 Å². The van der Waals surface area contributed by atoms with E-state index in [1.807, 2.05) is 18.2 Å². The zero-order valence-electron chi connectivity index (χ0n) is 20.0. The predicted molar refractivity (Wildman–Crippen MR) is 150 cm³/mol. The molecule has 2 heterocycles. The van der Waals surface area contributed by atoms with Gasteiger partial charge in [-0.3, -0.25) is 14.7 Å². The number of nitrogens with zero attached hydrogens (tertiary/aromatic N) is 3. The maximum Gasteiger partial charge on any atom is 0.225 e. The second-order valence-corrected chi connectivity index (χ2v) is 8.87. The highest BCUT2D eigenvalue weighted by Gasteiger charge is 2.24. The van der Waals surface area contributed by atoms with Crippen LogP contribution >= 0.6 is 24.0 Å². The van der Waals surface area contributed by atoms with Crippen LogP contribution < -0.4 is 16.0 Å². The Hall–Kier alpha value is -2.17. The molecule has 0 bridgehead atoms. The summed E-state index contributed by atoms with van der Waals surface area (Å²) in [7, 11) is 1.79. The van der Waals surface area contributed by atoms with Gasteiger partial charge in [0, 0.05) is 70.9 Å². The molecule has 0 saturated carbocycles. The molecule has 1 saturated heterocycles. The first-order valence-corrected chi connectivity index (χ1v) is 12.0. The van der Waals surface area contributed by atoms with E-state index in [0.29, 0.717) is 13.0 Å². The van der Waals surface area contributed by atoms with Crippen LogP contribution in [0.4, 0.5) is 5.69 Å². The zero-order valence-corrected chi connectivity index (χ0v) is 22.3. The predicted octanol–water partition coefficient (Wildman–Crippen LogP) is 3.10. The van der Waals surface area contributed by atoms with Crippen LogP contribution in [0, 0.1) is 0 Å². The molecule has 3 N–H and O–H groups in total. The first-order valence-electron chi connectivity index (χ1n) is 12.0. The third-order valence-corrected chi connectivity index (χ3v) is 6.50. The fraction of sp³-hybridized carbons (Fsp3) is 0.462. The Morgan fingerprint density at radius 2 is 1.71 bits per heavy atom. The van der Waals surface area contributed by atoms with Gasteiger partial charge in [0.25, 0.3) is 0 Å². The standard InChI is InChI=1S/C26H36N6O.HI/c1-27-26(29-19-22-18-25(33)30-24-11-6-5-10-23(22)24)28-12-7-13-31-14-16-32(17-15-31)20-21-8-3-2-4-9-21;/h2-6,8-11,22H,7,12-20H2,1H3,(H,30,33)(H2,27,28,29);1H. The second kappa shape index (κ2) is 13.7. The molecule has 0 aliphatic carbocycles. The number of amides is 1. The van der Waals surface area contributed by atoms with E-state index >= 15 is 0 Å². The average Bonchev–Trinajstić information content (AvgIpc) is 2.85. The molecule has 2 aliphatic heterocycles. The molecule has 7 nitrogen and oxygen atoms in total. The van der Waals surface area contributed by atoms with Crippen LogP contribution in [0.1, 0.15) is 29.9 Å². The molecule has 2 aliphatic rings. The fourth-order valence-electron chi connectivity index (χ4n) is 4.65. The van der Waals surface area contributed by atoms with Gasteiger partial charge in [-0.25, -0.2) is 0 Å². The Bertz CT molecular complexity index is 930. The van der Waals surface area contributed by atoms with Crippen molar-refractivity contribution in [3.8, 4) is 0 Å². The topological polar surface area (TPSA) is 72.0 Å². The summed E-state index contributed by atoms with van der Waals surface area (Å²) in [6.45, 7) is 8.22. The van der Waals surface area contributed by atoms with Gasteiger partial charge in [-0.15, -0.1) is 24.0 Å². The number of hydrogen-bond acceptors (Lipinski definition) is 4. The van der Waals surface area contributed by atoms with Crippen molar-refractivity contribution in [2.24, 2.45) is 4.99 Å². The normalized spacial score (nSPS) is 19.0. The highest BCUT2D eigenvalue weighted by atomic mass is 127. The Kier molecular flexibility index (Phi) is 10.6. The van der Waals surface area contributed by atoms with E-state index in [0.717, 1.165) is 63.9 Å². The van der Waals surface area contributed by atoms with E-state index in [4.69, 9.17) is 0 Å². The lowest BCUT2D eigenvalue weighted by molar-refractivity contribution is -0.116. The molecule has 2 aromatic rings. The number of rotatable bonds is 8. The van der Waals surface area contributed by atoms with E-state index in [2.05, 4.69) is 67.1 Å². The summed E-state index contributed by atoms with van der Waals surface area (Å²) in [4.78, 5) is 21.5. The van der Waals surface area contributed by atoms with E-state index in [1.165, 1.54) is 11.1 Å². The van der Waals surface area contributed by atoms with Gasteiger partial charge in [0.15, 0.2) is 5.96 Å². The average molecular weight is 577 g/mol. The van der Waals surface area contributed by atoms with Gasteiger partial charge in [0.2, 0.25) is 5.91 Å². The number of benzene rings is 2. The lowest BCUT2D eigenvalue weighted by Crippen LogP contribution is -2.46. The molecule has 8 heteroatoms. The summed E-state index contributed by atoms with van der Waals surface area (Å²) in [5.41, 5.74) is 3.50. The molecule has 1 fully saturated rings. The minimum Gasteiger partial charge on any atom is -0.356 e. The molecule has 1 atom stereocenters. The molecule has 2 aromatic carbocycles. The van der Waals surface area contributed by atoms with Crippen molar-refractivity contribution in [2.45, 2.75) is 25.3 Å². The number of nitrogens with one attached hydrogen (secondary N) is 3. The molecular weight excluding hydrogens is 539 g/mol. The van der Waals surface area contributed by atoms with Gasteiger partial charge in [-0.1, -0.05) is 48.5 Å². The highest BCUT2D eigenvalue weighted by molar-refractivity contribution is 14.0. The molecule has 4 rings (SSSR count). The molecule has 0 spiro atoms. The van der Waals surface area contributed by atoms with Gasteiger partial charge in [-0.2, -0.15) is 0 Å². The monoisotopic (exact) mass is 576 g/mol. The SMILES string of the molecule is CN=C(NCCCN1CCN(Cc2ccccc2)CC1)NCC1CC(=O)Nc2ccccc21.I. The van der Waals surface area contributed by atoms with Crippen molar-refractivity contribution >= 4 is 41.5 Å². The smallest absolute Gasteiger partial charge is 0.225 e. The summed E-state index contributed by atoms with van der Waals surface area (Å²) in [5.74, 6) is 1.03. The van der Waals surface area contributed by atoms with Crippen LogP contribution in [0.15, 0.2) is 59.6 Å².